The van der Waals surface area contributed by atoms with Gasteiger partial charge in [0.2, 0.25) is 11.8 Å². The summed E-state index contributed by atoms with van der Waals surface area (Å²) >= 11 is 0. The third kappa shape index (κ3) is 4.44. The summed E-state index contributed by atoms with van der Waals surface area (Å²) in [4.78, 5) is 23.5. The summed E-state index contributed by atoms with van der Waals surface area (Å²) in [5, 5.41) is 9.32. The lowest BCUT2D eigenvalue weighted by Crippen LogP contribution is -2.52. The highest BCUT2D eigenvalue weighted by molar-refractivity contribution is 5.97. The molecule has 0 radical (unpaired) electrons. The molecule has 2 rings (SSSR count). The van der Waals surface area contributed by atoms with Crippen LogP contribution in [0.3, 0.4) is 0 Å². The highest BCUT2D eigenvalue weighted by atomic mass is 35.5. The Balaban J connectivity index is 0.00000220. The molecule has 7 nitrogen and oxygen atoms in total. The van der Waals surface area contributed by atoms with Crippen LogP contribution < -0.4 is 16.4 Å². The minimum Gasteiger partial charge on any atom is -0.358 e. The van der Waals surface area contributed by atoms with E-state index in [1.165, 1.54) is 10.9 Å². The number of nitrogens with one attached hydrogen (secondary N) is 2. The van der Waals surface area contributed by atoms with Crippen LogP contribution in [-0.4, -0.2) is 34.2 Å². The number of amides is 2. The molecule has 118 valence electrons. The number of aromatic nitrogens is 2. The van der Waals surface area contributed by atoms with Crippen LogP contribution in [0.5, 0.6) is 0 Å². The summed E-state index contributed by atoms with van der Waals surface area (Å²) in [6.07, 6.45) is 7.68. The van der Waals surface area contributed by atoms with Gasteiger partial charge in [0.1, 0.15) is 6.54 Å². The highest BCUT2D eigenvalue weighted by Crippen LogP contribution is 2.27. The van der Waals surface area contributed by atoms with E-state index in [4.69, 9.17) is 5.73 Å². The molecule has 0 unspecified atom stereocenters. The summed E-state index contributed by atoms with van der Waals surface area (Å²) in [5.41, 5.74) is 5.94. The Morgan fingerprint density at radius 2 is 2.05 bits per heavy atom. The van der Waals surface area contributed by atoms with Gasteiger partial charge in [0.15, 0.2) is 0 Å². The first-order valence-corrected chi connectivity index (χ1v) is 6.87. The number of likely N-dealkylation sites (N-methyl/N-ethyl adjacent to an activating group) is 1. The molecular formula is C13H22ClN5O2. The molecule has 0 saturated heterocycles. The number of nitrogens with zero attached hydrogens (tertiary/aromatic N) is 2. The van der Waals surface area contributed by atoms with Crippen molar-refractivity contribution in [3.63, 3.8) is 0 Å². The van der Waals surface area contributed by atoms with E-state index in [2.05, 4.69) is 15.7 Å². The zero-order chi connectivity index (χ0) is 14.6. The SMILES string of the molecule is CNC(=O)Cn1cc(NC(=O)C2(N)CCCCC2)cn1.Cl. The maximum Gasteiger partial charge on any atom is 0.244 e. The second-order valence-electron chi connectivity index (χ2n) is 5.27. The van der Waals surface area contributed by atoms with Crippen LogP contribution in [0.4, 0.5) is 5.69 Å². The average molecular weight is 316 g/mol. The maximum atomic E-state index is 12.2. The standard InChI is InChI=1S/C13H21N5O2.ClH/c1-15-11(19)9-18-8-10(7-16-18)17-12(20)13(14)5-3-2-4-6-13;/h7-8H,2-6,9,14H2,1H3,(H,15,19)(H,17,20);1H. The lowest BCUT2D eigenvalue weighted by Gasteiger charge is -2.31. The Hall–Kier alpha value is -1.60. The molecule has 21 heavy (non-hydrogen) atoms. The van der Waals surface area contributed by atoms with E-state index >= 15 is 0 Å². The first-order chi connectivity index (χ1) is 9.53. The van der Waals surface area contributed by atoms with E-state index in [1.807, 2.05) is 0 Å². The molecule has 1 aliphatic carbocycles. The molecule has 1 aromatic rings. The fraction of sp³-hybridized carbons (Fsp3) is 0.615. The first kappa shape index (κ1) is 17.5. The topological polar surface area (TPSA) is 102 Å². The molecule has 2 amide bonds. The molecule has 1 fully saturated rings. The van der Waals surface area contributed by atoms with Crippen molar-refractivity contribution in [2.45, 2.75) is 44.2 Å². The first-order valence-electron chi connectivity index (χ1n) is 6.87. The van der Waals surface area contributed by atoms with Gasteiger partial charge in [0, 0.05) is 13.2 Å². The van der Waals surface area contributed by atoms with Crippen molar-refractivity contribution < 1.29 is 9.59 Å². The fourth-order valence-electron chi connectivity index (χ4n) is 2.41. The van der Waals surface area contributed by atoms with Gasteiger partial charge in [0.25, 0.3) is 0 Å². The molecule has 1 saturated carbocycles. The zero-order valence-electron chi connectivity index (χ0n) is 12.1. The van der Waals surface area contributed by atoms with Crippen molar-refractivity contribution >= 4 is 29.9 Å². The second kappa shape index (κ2) is 7.42. The lowest BCUT2D eigenvalue weighted by atomic mass is 9.82. The number of rotatable bonds is 4. The fourth-order valence-corrected chi connectivity index (χ4v) is 2.41. The number of hydrogen-bond acceptors (Lipinski definition) is 4. The monoisotopic (exact) mass is 315 g/mol. The van der Waals surface area contributed by atoms with Crippen LogP contribution in [0.1, 0.15) is 32.1 Å². The average Bonchev–Trinajstić information content (AvgIpc) is 2.86. The van der Waals surface area contributed by atoms with Gasteiger partial charge in [-0.05, 0) is 12.8 Å². The Kier molecular flexibility index (Phi) is 6.17. The van der Waals surface area contributed by atoms with E-state index in [-0.39, 0.29) is 30.8 Å². The van der Waals surface area contributed by atoms with Crippen molar-refractivity contribution in [1.82, 2.24) is 15.1 Å². The van der Waals surface area contributed by atoms with E-state index in [0.717, 1.165) is 19.3 Å². The van der Waals surface area contributed by atoms with E-state index in [0.29, 0.717) is 18.5 Å². The van der Waals surface area contributed by atoms with Gasteiger partial charge in [-0.3, -0.25) is 14.3 Å². The molecule has 1 aliphatic rings. The molecule has 1 aromatic heterocycles. The van der Waals surface area contributed by atoms with Crippen molar-refractivity contribution in [2.24, 2.45) is 5.73 Å². The van der Waals surface area contributed by atoms with E-state index in [1.54, 1.807) is 13.2 Å². The van der Waals surface area contributed by atoms with Crippen LogP contribution >= 0.6 is 12.4 Å². The number of carbonyl (C=O) groups excluding carboxylic acids is 2. The summed E-state index contributed by atoms with van der Waals surface area (Å²) in [6.45, 7) is 0.125. The maximum absolute atomic E-state index is 12.2. The quantitative estimate of drug-likeness (QED) is 0.759. The summed E-state index contributed by atoms with van der Waals surface area (Å²) in [6, 6.07) is 0. The zero-order valence-corrected chi connectivity index (χ0v) is 12.9. The van der Waals surface area contributed by atoms with Gasteiger partial charge in [-0.25, -0.2) is 0 Å². The number of halogens is 1. The number of nitrogens with two attached hydrogens (primary N) is 1. The smallest absolute Gasteiger partial charge is 0.244 e. The molecule has 0 spiro atoms. The second-order valence-corrected chi connectivity index (χ2v) is 5.27. The summed E-state index contributed by atoms with van der Waals surface area (Å²) < 4.78 is 1.47. The minimum absolute atomic E-state index is 0. The Bertz CT molecular complexity index is 497. The Morgan fingerprint density at radius 3 is 2.67 bits per heavy atom. The van der Waals surface area contributed by atoms with Gasteiger partial charge < -0.3 is 16.4 Å². The molecule has 1 heterocycles. The molecule has 8 heteroatoms. The van der Waals surface area contributed by atoms with Gasteiger partial charge >= 0.3 is 0 Å². The highest BCUT2D eigenvalue weighted by Gasteiger charge is 2.35. The van der Waals surface area contributed by atoms with Gasteiger partial charge in [0.05, 0.1) is 17.4 Å². The van der Waals surface area contributed by atoms with E-state index < -0.39 is 5.54 Å². The van der Waals surface area contributed by atoms with Gasteiger partial charge in [-0.15, -0.1) is 12.4 Å². The van der Waals surface area contributed by atoms with Crippen molar-refractivity contribution in [1.29, 1.82) is 0 Å². The lowest BCUT2D eigenvalue weighted by molar-refractivity contribution is -0.122. The van der Waals surface area contributed by atoms with Crippen LogP contribution in [0.2, 0.25) is 0 Å². The van der Waals surface area contributed by atoms with Crippen LogP contribution in [-0.2, 0) is 16.1 Å². The van der Waals surface area contributed by atoms with E-state index in [9.17, 15) is 9.59 Å². The van der Waals surface area contributed by atoms with Crippen molar-refractivity contribution in [2.75, 3.05) is 12.4 Å². The van der Waals surface area contributed by atoms with Gasteiger partial charge in [-0.2, -0.15) is 5.10 Å². The Labute approximate surface area is 130 Å². The minimum atomic E-state index is -0.777. The number of hydrogen-bond donors (Lipinski definition) is 3. The van der Waals surface area contributed by atoms with Crippen molar-refractivity contribution in [3.8, 4) is 0 Å². The predicted molar refractivity (Wildman–Crippen MR) is 82.2 cm³/mol. The molecule has 4 N–H and O–H groups in total. The summed E-state index contributed by atoms with van der Waals surface area (Å²) in [5.74, 6) is -0.315. The molecule has 0 atom stereocenters. The number of carbonyl (C=O) groups is 2. The summed E-state index contributed by atoms with van der Waals surface area (Å²) in [7, 11) is 1.57. The van der Waals surface area contributed by atoms with Gasteiger partial charge in [-0.1, -0.05) is 19.3 Å². The molecule has 0 bridgehead atoms. The van der Waals surface area contributed by atoms with Crippen molar-refractivity contribution in [3.05, 3.63) is 12.4 Å². The molecule has 0 aromatic carbocycles. The molecular weight excluding hydrogens is 294 g/mol. The Morgan fingerprint density at radius 1 is 1.38 bits per heavy atom. The largest absolute Gasteiger partial charge is 0.358 e. The normalized spacial score (nSPS) is 16.7. The molecule has 0 aliphatic heterocycles. The van der Waals surface area contributed by atoms with Crippen LogP contribution in [0.15, 0.2) is 12.4 Å². The third-order valence-electron chi connectivity index (χ3n) is 3.67. The predicted octanol–water partition coefficient (Wildman–Crippen LogP) is 0.651. The van der Waals surface area contributed by atoms with Crippen LogP contribution in [0.25, 0.3) is 0 Å². The van der Waals surface area contributed by atoms with Crippen LogP contribution in [0, 0.1) is 0 Å². The number of anilines is 1. The third-order valence-corrected chi connectivity index (χ3v) is 3.67.